The first-order valence-corrected chi connectivity index (χ1v) is 7.89. The lowest BCUT2D eigenvalue weighted by Gasteiger charge is -2.17. The molecule has 1 fully saturated rings. The van der Waals surface area contributed by atoms with Crippen molar-refractivity contribution in [3.8, 4) is 10.7 Å². The van der Waals surface area contributed by atoms with Crippen molar-refractivity contribution in [3.63, 3.8) is 0 Å². The first-order valence-electron chi connectivity index (χ1n) is 7.01. The van der Waals surface area contributed by atoms with Gasteiger partial charge >= 0.3 is 0 Å². The van der Waals surface area contributed by atoms with E-state index in [4.69, 9.17) is 9.47 Å². The number of rotatable bonds is 5. The van der Waals surface area contributed by atoms with Gasteiger partial charge in [-0.3, -0.25) is 4.98 Å². The molecule has 1 aliphatic heterocycles. The van der Waals surface area contributed by atoms with E-state index in [2.05, 4.69) is 20.7 Å². The normalized spacial score (nSPS) is 20.8. The summed E-state index contributed by atoms with van der Waals surface area (Å²) in [6.45, 7) is 6.00. The molecule has 112 valence electrons. The second-order valence-electron chi connectivity index (χ2n) is 5.44. The molecule has 2 aromatic heterocycles. The van der Waals surface area contributed by atoms with Crippen LogP contribution >= 0.6 is 11.3 Å². The molecule has 1 N–H and O–H groups in total. The fourth-order valence-electron chi connectivity index (χ4n) is 2.22. The molecule has 21 heavy (non-hydrogen) atoms. The molecular weight excluding hydrogens is 286 g/mol. The summed E-state index contributed by atoms with van der Waals surface area (Å²) in [4.78, 5) is 8.91. The minimum absolute atomic E-state index is 0.105. The van der Waals surface area contributed by atoms with Crippen LogP contribution in [-0.2, 0) is 16.0 Å². The Balaban J connectivity index is 1.50. The topological polar surface area (TPSA) is 56.3 Å². The summed E-state index contributed by atoms with van der Waals surface area (Å²) in [5.41, 5.74) is 1.95. The third-order valence-corrected chi connectivity index (χ3v) is 4.09. The van der Waals surface area contributed by atoms with Crippen LogP contribution in [0.3, 0.4) is 0 Å². The third-order valence-electron chi connectivity index (χ3n) is 3.18. The van der Waals surface area contributed by atoms with Gasteiger partial charge in [-0.15, -0.1) is 11.3 Å². The lowest BCUT2D eigenvalue weighted by atomic mass is 10.3. The smallest absolute Gasteiger partial charge is 0.163 e. The Labute approximate surface area is 128 Å². The van der Waals surface area contributed by atoms with Crippen LogP contribution in [0, 0.1) is 0 Å². The van der Waals surface area contributed by atoms with E-state index in [0.29, 0.717) is 6.61 Å². The predicted octanol–water partition coefficient (Wildman–Crippen LogP) is 2.45. The summed E-state index contributed by atoms with van der Waals surface area (Å²) in [5.74, 6) is -0.459. The Morgan fingerprint density at radius 3 is 3.05 bits per heavy atom. The number of nitrogens with zero attached hydrogens (tertiary/aromatic N) is 2. The highest BCUT2D eigenvalue weighted by Crippen LogP contribution is 2.22. The van der Waals surface area contributed by atoms with Gasteiger partial charge in [0.2, 0.25) is 0 Å². The summed E-state index contributed by atoms with van der Waals surface area (Å²) in [5, 5.41) is 6.38. The molecule has 0 aliphatic carbocycles. The molecule has 0 spiro atoms. The number of aromatic nitrogens is 2. The predicted molar refractivity (Wildman–Crippen MR) is 82.0 cm³/mol. The van der Waals surface area contributed by atoms with Crippen molar-refractivity contribution in [1.82, 2.24) is 15.3 Å². The molecule has 5 nitrogen and oxygen atoms in total. The van der Waals surface area contributed by atoms with Gasteiger partial charge in [0, 0.05) is 24.7 Å². The number of hydrogen-bond donors (Lipinski definition) is 1. The highest BCUT2D eigenvalue weighted by molar-refractivity contribution is 7.13. The SMILES string of the molecule is CC1(C)OCC(CNCc2csc(-c3ccccn3)n2)O1. The minimum atomic E-state index is -0.459. The Kier molecular flexibility index (Phi) is 4.30. The molecule has 0 radical (unpaired) electrons. The van der Waals surface area contributed by atoms with E-state index in [-0.39, 0.29) is 6.10 Å². The van der Waals surface area contributed by atoms with E-state index >= 15 is 0 Å². The molecule has 1 saturated heterocycles. The Morgan fingerprint density at radius 1 is 1.43 bits per heavy atom. The monoisotopic (exact) mass is 305 g/mol. The zero-order valence-corrected chi connectivity index (χ0v) is 13.0. The van der Waals surface area contributed by atoms with Gasteiger partial charge in [-0.1, -0.05) is 6.07 Å². The second-order valence-corrected chi connectivity index (χ2v) is 6.30. The maximum absolute atomic E-state index is 5.75. The van der Waals surface area contributed by atoms with Crippen LogP contribution in [-0.4, -0.2) is 35.0 Å². The minimum Gasteiger partial charge on any atom is -0.348 e. The zero-order valence-electron chi connectivity index (χ0n) is 12.2. The average Bonchev–Trinajstić information content (AvgIpc) is 3.07. The number of ether oxygens (including phenoxy) is 2. The van der Waals surface area contributed by atoms with Crippen molar-refractivity contribution in [3.05, 3.63) is 35.5 Å². The van der Waals surface area contributed by atoms with Crippen molar-refractivity contribution >= 4 is 11.3 Å². The van der Waals surface area contributed by atoms with Crippen molar-refractivity contribution in [2.75, 3.05) is 13.2 Å². The van der Waals surface area contributed by atoms with Crippen LogP contribution in [0.2, 0.25) is 0 Å². The van der Waals surface area contributed by atoms with Crippen LogP contribution in [0.25, 0.3) is 10.7 Å². The van der Waals surface area contributed by atoms with Crippen LogP contribution in [0.4, 0.5) is 0 Å². The average molecular weight is 305 g/mol. The maximum Gasteiger partial charge on any atom is 0.163 e. The fraction of sp³-hybridized carbons (Fsp3) is 0.467. The maximum atomic E-state index is 5.75. The quantitative estimate of drug-likeness (QED) is 0.919. The van der Waals surface area contributed by atoms with Gasteiger partial charge in [0.1, 0.15) is 5.01 Å². The molecule has 0 aromatic carbocycles. The lowest BCUT2D eigenvalue weighted by Crippen LogP contribution is -2.30. The molecule has 1 atom stereocenters. The van der Waals surface area contributed by atoms with Gasteiger partial charge in [-0.05, 0) is 26.0 Å². The van der Waals surface area contributed by atoms with E-state index in [0.717, 1.165) is 29.5 Å². The third kappa shape index (κ3) is 3.85. The highest BCUT2D eigenvalue weighted by Gasteiger charge is 2.32. The van der Waals surface area contributed by atoms with Crippen LogP contribution in [0.15, 0.2) is 29.8 Å². The summed E-state index contributed by atoms with van der Waals surface area (Å²) >= 11 is 1.62. The molecule has 2 aromatic rings. The van der Waals surface area contributed by atoms with E-state index < -0.39 is 5.79 Å². The second kappa shape index (κ2) is 6.19. The largest absolute Gasteiger partial charge is 0.348 e. The van der Waals surface area contributed by atoms with E-state index in [1.165, 1.54) is 0 Å². The van der Waals surface area contributed by atoms with Gasteiger partial charge in [-0.2, -0.15) is 0 Å². The molecule has 0 saturated carbocycles. The summed E-state index contributed by atoms with van der Waals surface area (Å²) in [6, 6.07) is 5.85. The van der Waals surface area contributed by atoms with Crippen LogP contribution in [0.1, 0.15) is 19.5 Å². The number of nitrogens with one attached hydrogen (secondary N) is 1. The van der Waals surface area contributed by atoms with Crippen LogP contribution in [0.5, 0.6) is 0 Å². The Morgan fingerprint density at radius 2 is 2.33 bits per heavy atom. The van der Waals surface area contributed by atoms with Crippen molar-refractivity contribution < 1.29 is 9.47 Å². The molecule has 0 amide bonds. The van der Waals surface area contributed by atoms with Gasteiger partial charge in [-0.25, -0.2) is 4.98 Å². The molecule has 0 bridgehead atoms. The van der Waals surface area contributed by atoms with Crippen molar-refractivity contribution in [1.29, 1.82) is 0 Å². The molecule has 3 rings (SSSR count). The summed E-state index contributed by atoms with van der Waals surface area (Å²) < 4.78 is 11.3. The molecule has 1 unspecified atom stereocenters. The standard InChI is InChI=1S/C15H19N3O2S/c1-15(2)19-9-12(20-15)8-16-7-11-10-21-14(18-11)13-5-3-4-6-17-13/h3-6,10,12,16H,7-9H2,1-2H3. The first kappa shape index (κ1) is 14.6. The fourth-order valence-corrected chi connectivity index (χ4v) is 3.02. The van der Waals surface area contributed by atoms with Gasteiger partial charge < -0.3 is 14.8 Å². The molecule has 3 heterocycles. The number of hydrogen-bond acceptors (Lipinski definition) is 6. The molecular formula is C15H19N3O2S. The molecule has 1 aliphatic rings. The van der Waals surface area contributed by atoms with E-state index in [1.54, 1.807) is 17.5 Å². The summed E-state index contributed by atoms with van der Waals surface area (Å²) in [7, 11) is 0. The highest BCUT2D eigenvalue weighted by atomic mass is 32.1. The number of thiazole rings is 1. The Hall–Kier alpha value is -1.34. The van der Waals surface area contributed by atoms with Crippen molar-refractivity contribution in [2.24, 2.45) is 0 Å². The first-order chi connectivity index (χ1) is 10.1. The molecule has 6 heteroatoms. The van der Waals surface area contributed by atoms with Gasteiger partial charge in [0.05, 0.1) is 24.1 Å². The summed E-state index contributed by atoms with van der Waals surface area (Å²) in [6.07, 6.45) is 1.89. The zero-order chi connectivity index (χ0) is 14.7. The van der Waals surface area contributed by atoms with E-state index in [1.807, 2.05) is 32.0 Å². The van der Waals surface area contributed by atoms with E-state index in [9.17, 15) is 0 Å². The van der Waals surface area contributed by atoms with Gasteiger partial charge in [0.25, 0.3) is 0 Å². The Bertz CT molecular complexity index is 586. The van der Waals surface area contributed by atoms with Crippen molar-refractivity contribution in [2.45, 2.75) is 32.3 Å². The van der Waals surface area contributed by atoms with Gasteiger partial charge in [0.15, 0.2) is 5.79 Å². The lowest BCUT2D eigenvalue weighted by molar-refractivity contribution is -0.137. The van der Waals surface area contributed by atoms with Crippen LogP contribution < -0.4 is 5.32 Å². The number of pyridine rings is 1.